The number of halogens is 1. The first-order chi connectivity index (χ1) is 8.68. The molecule has 1 aromatic carbocycles. The van der Waals surface area contributed by atoms with Crippen molar-refractivity contribution in [1.82, 2.24) is 0 Å². The molecule has 0 fully saturated rings. The minimum absolute atomic E-state index is 0.543. The molecule has 5 nitrogen and oxygen atoms in total. The standard InChI is InChI=1S/C12H14ClN3O2S/c1-12(2,3)19(17,18)11(8-14)16-15-10-6-4-9(13)5-7-10/h4-7,15H,1-3H3/b16-11+. The number of rotatable bonds is 2. The normalized spacial score (nSPS) is 12.9. The molecule has 0 bridgehead atoms. The number of benzene rings is 1. The van der Waals surface area contributed by atoms with Gasteiger partial charge in [0, 0.05) is 5.02 Å². The predicted molar refractivity (Wildman–Crippen MR) is 76.8 cm³/mol. The number of hydrazone groups is 1. The molecule has 7 heteroatoms. The molecule has 1 aromatic rings. The molecule has 0 aliphatic rings. The van der Waals surface area contributed by atoms with E-state index in [-0.39, 0.29) is 0 Å². The number of sulfone groups is 1. The van der Waals surface area contributed by atoms with E-state index in [1.54, 1.807) is 30.3 Å². The van der Waals surface area contributed by atoms with Crippen LogP contribution in [-0.2, 0) is 9.84 Å². The van der Waals surface area contributed by atoms with Crippen LogP contribution in [0.4, 0.5) is 5.69 Å². The van der Waals surface area contributed by atoms with Crippen LogP contribution in [0.3, 0.4) is 0 Å². The van der Waals surface area contributed by atoms with Gasteiger partial charge in [0.25, 0.3) is 5.04 Å². The summed E-state index contributed by atoms with van der Waals surface area (Å²) >= 11 is 5.72. The third-order valence-electron chi connectivity index (χ3n) is 2.29. The largest absolute Gasteiger partial charge is 0.277 e. The fraction of sp³-hybridized carbons (Fsp3) is 0.333. The maximum absolute atomic E-state index is 12.0. The zero-order valence-corrected chi connectivity index (χ0v) is 12.4. The first-order valence-corrected chi connectivity index (χ1v) is 7.28. The van der Waals surface area contributed by atoms with Gasteiger partial charge in [-0.1, -0.05) is 11.6 Å². The molecule has 0 saturated carbocycles. The van der Waals surface area contributed by atoms with Crippen LogP contribution in [-0.4, -0.2) is 18.2 Å². The van der Waals surface area contributed by atoms with Crippen molar-refractivity contribution in [3.8, 4) is 6.07 Å². The van der Waals surface area contributed by atoms with Crippen LogP contribution >= 0.6 is 11.6 Å². The summed E-state index contributed by atoms with van der Waals surface area (Å²) in [5, 5.41) is 12.6. The lowest BCUT2D eigenvalue weighted by Crippen LogP contribution is -2.34. The van der Waals surface area contributed by atoms with Gasteiger partial charge in [0.05, 0.1) is 10.4 Å². The van der Waals surface area contributed by atoms with Gasteiger partial charge in [-0.15, -0.1) is 0 Å². The Hall–Kier alpha value is -1.58. The molecular weight excluding hydrogens is 286 g/mol. The molecule has 0 unspecified atom stereocenters. The molecule has 0 heterocycles. The topological polar surface area (TPSA) is 82.3 Å². The van der Waals surface area contributed by atoms with E-state index in [1.807, 2.05) is 0 Å². The van der Waals surface area contributed by atoms with Crippen molar-refractivity contribution in [2.24, 2.45) is 5.10 Å². The molecule has 0 aliphatic carbocycles. The highest BCUT2D eigenvalue weighted by Crippen LogP contribution is 2.18. The van der Waals surface area contributed by atoms with Crippen molar-refractivity contribution in [3.05, 3.63) is 29.3 Å². The molecular formula is C12H14ClN3O2S. The summed E-state index contributed by atoms with van der Waals surface area (Å²) in [5.74, 6) is 0. The number of hydrogen-bond acceptors (Lipinski definition) is 5. The zero-order chi connectivity index (χ0) is 14.7. The molecule has 0 saturated heterocycles. The summed E-state index contributed by atoms with van der Waals surface area (Å²) in [6.45, 7) is 4.53. The van der Waals surface area contributed by atoms with Gasteiger partial charge in [0.2, 0.25) is 9.84 Å². The van der Waals surface area contributed by atoms with E-state index >= 15 is 0 Å². The molecule has 0 amide bonds. The molecule has 0 aromatic heterocycles. The van der Waals surface area contributed by atoms with Crippen molar-refractivity contribution in [3.63, 3.8) is 0 Å². The van der Waals surface area contributed by atoms with Gasteiger partial charge in [0.1, 0.15) is 6.07 Å². The van der Waals surface area contributed by atoms with Gasteiger partial charge in [-0.25, -0.2) is 8.42 Å². The molecule has 0 radical (unpaired) electrons. The monoisotopic (exact) mass is 299 g/mol. The highest BCUT2D eigenvalue weighted by Gasteiger charge is 2.34. The van der Waals surface area contributed by atoms with Gasteiger partial charge < -0.3 is 0 Å². The Labute approximate surface area is 117 Å². The second-order valence-corrected chi connectivity index (χ2v) is 7.82. The Morgan fingerprint density at radius 2 is 1.84 bits per heavy atom. The summed E-state index contributed by atoms with van der Waals surface area (Å²) in [6, 6.07) is 8.12. The highest BCUT2D eigenvalue weighted by molar-refractivity contribution is 8.08. The molecule has 1 rings (SSSR count). The number of nitriles is 1. The third kappa shape index (κ3) is 3.69. The van der Waals surface area contributed by atoms with Gasteiger partial charge in [0.15, 0.2) is 0 Å². The lowest BCUT2D eigenvalue weighted by molar-refractivity contribution is 0.573. The Balaban J connectivity index is 3.03. The molecule has 0 atom stereocenters. The molecule has 0 aliphatic heterocycles. The molecule has 19 heavy (non-hydrogen) atoms. The summed E-state index contributed by atoms with van der Waals surface area (Å²) in [7, 11) is -3.77. The van der Waals surface area contributed by atoms with E-state index in [0.29, 0.717) is 10.7 Å². The summed E-state index contributed by atoms with van der Waals surface area (Å²) in [5.41, 5.74) is 3.07. The van der Waals surface area contributed by atoms with E-state index in [2.05, 4.69) is 10.5 Å². The Kier molecular flexibility index (Phi) is 4.56. The third-order valence-corrected chi connectivity index (χ3v) is 4.84. The first kappa shape index (κ1) is 15.5. The average molecular weight is 300 g/mol. The zero-order valence-electron chi connectivity index (χ0n) is 10.8. The molecule has 0 spiro atoms. The van der Waals surface area contributed by atoms with Gasteiger partial charge in [-0.2, -0.15) is 10.4 Å². The Morgan fingerprint density at radius 3 is 2.26 bits per heavy atom. The SMILES string of the molecule is CC(C)(C)S(=O)(=O)/C(C#N)=N/Nc1ccc(Cl)cc1. The minimum atomic E-state index is -3.77. The van der Waals surface area contributed by atoms with E-state index in [0.717, 1.165) is 0 Å². The van der Waals surface area contributed by atoms with E-state index in [4.69, 9.17) is 16.9 Å². The summed E-state index contributed by atoms with van der Waals surface area (Å²) < 4.78 is 23.0. The fourth-order valence-electron chi connectivity index (χ4n) is 1.07. The lowest BCUT2D eigenvalue weighted by atomic mass is 10.3. The number of anilines is 1. The number of nitrogens with zero attached hydrogens (tertiary/aromatic N) is 2. The first-order valence-electron chi connectivity index (χ1n) is 5.42. The Bertz CT molecular complexity index is 622. The van der Waals surface area contributed by atoms with E-state index < -0.39 is 19.6 Å². The quantitative estimate of drug-likeness (QED) is 0.517. The molecule has 1 N–H and O–H groups in total. The van der Waals surface area contributed by atoms with Crippen molar-refractivity contribution in [1.29, 1.82) is 5.26 Å². The van der Waals surface area contributed by atoms with Gasteiger partial charge in [-0.3, -0.25) is 5.43 Å². The maximum atomic E-state index is 12.0. The van der Waals surface area contributed by atoms with E-state index in [9.17, 15) is 8.42 Å². The predicted octanol–water partition coefficient (Wildman–Crippen LogP) is 2.80. The van der Waals surface area contributed by atoms with Crippen molar-refractivity contribution in [2.75, 3.05) is 5.43 Å². The van der Waals surface area contributed by atoms with Gasteiger partial charge >= 0.3 is 0 Å². The molecule has 102 valence electrons. The van der Waals surface area contributed by atoms with Crippen LogP contribution in [0.5, 0.6) is 0 Å². The smallest absolute Gasteiger partial charge is 0.252 e. The van der Waals surface area contributed by atoms with Crippen molar-refractivity contribution in [2.45, 2.75) is 25.5 Å². The van der Waals surface area contributed by atoms with Crippen molar-refractivity contribution >= 4 is 32.2 Å². The van der Waals surface area contributed by atoms with Crippen LogP contribution in [0.2, 0.25) is 5.02 Å². The fourth-order valence-corrected chi connectivity index (χ4v) is 2.07. The average Bonchev–Trinajstić information content (AvgIpc) is 2.30. The summed E-state index contributed by atoms with van der Waals surface area (Å²) in [6.07, 6.45) is 0. The van der Waals surface area contributed by atoms with Crippen LogP contribution in [0.15, 0.2) is 29.4 Å². The lowest BCUT2D eigenvalue weighted by Gasteiger charge is -2.17. The number of hydrogen-bond donors (Lipinski definition) is 1. The van der Waals surface area contributed by atoms with Crippen LogP contribution < -0.4 is 5.43 Å². The minimum Gasteiger partial charge on any atom is -0.277 e. The van der Waals surface area contributed by atoms with Crippen LogP contribution in [0.1, 0.15) is 20.8 Å². The second kappa shape index (κ2) is 5.59. The summed E-state index contributed by atoms with van der Waals surface area (Å²) in [4.78, 5) is 0. The van der Waals surface area contributed by atoms with E-state index in [1.165, 1.54) is 20.8 Å². The Morgan fingerprint density at radius 1 is 1.32 bits per heavy atom. The maximum Gasteiger partial charge on any atom is 0.252 e. The highest BCUT2D eigenvalue weighted by atomic mass is 35.5. The second-order valence-electron chi connectivity index (χ2n) is 4.76. The van der Waals surface area contributed by atoms with Gasteiger partial charge in [-0.05, 0) is 45.0 Å². The van der Waals surface area contributed by atoms with Crippen molar-refractivity contribution < 1.29 is 8.42 Å². The van der Waals surface area contributed by atoms with Crippen LogP contribution in [0.25, 0.3) is 0 Å². The number of nitrogens with one attached hydrogen (secondary N) is 1. The van der Waals surface area contributed by atoms with Crippen LogP contribution in [0, 0.1) is 11.3 Å².